The molecule has 0 aromatic rings. The highest BCUT2D eigenvalue weighted by atomic mass is 32.2. The van der Waals surface area contributed by atoms with Crippen molar-refractivity contribution in [2.75, 3.05) is 12.3 Å². The van der Waals surface area contributed by atoms with Crippen molar-refractivity contribution in [1.29, 1.82) is 0 Å². The molecule has 1 aliphatic rings. The second-order valence-corrected chi connectivity index (χ2v) is 3.10. The van der Waals surface area contributed by atoms with Crippen molar-refractivity contribution < 1.29 is 4.79 Å². The average molecular weight is 155 g/mol. The fraction of sp³-hybridized carbons (Fsp3) is 0.429. The first-order valence-corrected chi connectivity index (χ1v) is 4.13. The van der Waals surface area contributed by atoms with Crippen LogP contribution in [0.4, 0.5) is 0 Å². The van der Waals surface area contributed by atoms with Crippen LogP contribution in [0.5, 0.6) is 0 Å². The van der Waals surface area contributed by atoms with E-state index < -0.39 is 0 Å². The van der Waals surface area contributed by atoms with Crippen LogP contribution in [-0.4, -0.2) is 23.6 Å². The SMILES string of the molecule is CC(=CC=O)C1=NCCS1. The standard InChI is InChI=1S/C7H9NOS/c1-6(2-4-9)7-8-3-5-10-7/h2,4H,3,5H2,1H3. The molecule has 0 aliphatic carbocycles. The highest BCUT2D eigenvalue weighted by molar-refractivity contribution is 8.14. The monoisotopic (exact) mass is 155 g/mol. The van der Waals surface area contributed by atoms with Crippen LogP contribution in [0, 0.1) is 0 Å². The third kappa shape index (κ3) is 1.70. The molecule has 0 saturated heterocycles. The maximum atomic E-state index is 10.0. The van der Waals surface area contributed by atoms with Gasteiger partial charge in [-0.3, -0.25) is 9.79 Å². The molecule has 10 heavy (non-hydrogen) atoms. The molecule has 0 saturated carbocycles. The molecule has 1 aliphatic heterocycles. The number of hydrogen-bond donors (Lipinski definition) is 0. The van der Waals surface area contributed by atoms with Crippen LogP contribution in [0.25, 0.3) is 0 Å². The summed E-state index contributed by atoms with van der Waals surface area (Å²) >= 11 is 1.71. The van der Waals surface area contributed by atoms with Crippen molar-refractivity contribution in [3.8, 4) is 0 Å². The lowest BCUT2D eigenvalue weighted by atomic mass is 10.3. The van der Waals surface area contributed by atoms with E-state index in [0.29, 0.717) is 0 Å². The summed E-state index contributed by atoms with van der Waals surface area (Å²) in [6.45, 7) is 2.80. The van der Waals surface area contributed by atoms with E-state index in [1.165, 1.54) is 0 Å². The molecule has 54 valence electrons. The molecular formula is C7H9NOS. The summed E-state index contributed by atoms with van der Waals surface area (Å²) in [7, 11) is 0. The lowest BCUT2D eigenvalue weighted by Crippen LogP contribution is -1.89. The smallest absolute Gasteiger partial charge is 0.143 e. The quantitative estimate of drug-likeness (QED) is 0.444. The van der Waals surface area contributed by atoms with E-state index in [0.717, 1.165) is 29.2 Å². The maximum absolute atomic E-state index is 10.0. The van der Waals surface area contributed by atoms with Crippen LogP contribution in [0.1, 0.15) is 6.92 Å². The van der Waals surface area contributed by atoms with Crippen LogP contribution in [0.2, 0.25) is 0 Å². The third-order valence-corrected chi connectivity index (χ3v) is 2.35. The summed E-state index contributed by atoms with van der Waals surface area (Å²) in [6.07, 6.45) is 2.36. The van der Waals surface area contributed by atoms with Gasteiger partial charge < -0.3 is 0 Å². The van der Waals surface area contributed by atoms with Gasteiger partial charge in [0.1, 0.15) is 6.29 Å². The zero-order valence-corrected chi connectivity index (χ0v) is 6.65. The van der Waals surface area contributed by atoms with Crippen molar-refractivity contribution in [3.05, 3.63) is 11.6 Å². The lowest BCUT2D eigenvalue weighted by molar-refractivity contribution is -0.104. The van der Waals surface area contributed by atoms with Gasteiger partial charge in [-0.25, -0.2) is 0 Å². The molecule has 0 spiro atoms. The molecule has 0 amide bonds. The molecule has 0 radical (unpaired) electrons. The van der Waals surface area contributed by atoms with E-state index in [1.807, 2.05) is 6.92 Å². The predicted octanol–water partition coefficient (Wildman–Crippen LogP) is 1.28. The van der Waals surface area contributed by atoms with Gasteiger partial charge in [0.15, 0.2) is 0 Å². The summed E-state index contributed by atoms with van der Waals surface area (Å²) in [6, 6.07) is 0. The first kappa shape index (κ1) is 7.54. The molecule has 2 nitrogen and oxygen atoms in total. The second kappa shape index (κ2) is 3.56. The number of carbonyl (C=O) groups is 1. The third-order valence-electron chi connectivity index (χ3n) is 1.24. The maximum Gasteiger partial charge on any atom is 0.143 e. The molecule has 0 unspecified atom stereocenters. The summed E-state index contributed by atoms with van der Waals surface area (Å²) in [5.74, 6) is 1.05. The molecule has 0 N–H and O–H groups in total. The van der Waals surface area contributed by atoms with Crippen molar-refractivity contribution in [2.45, 2.75) is 6.92 Å². The lowest BCUT2D eigenvalue weighted by Gasteiger charge is -1.94. The van der Waals surface area contributed by atoms with Gasteiger partial charge in [-0.05, 0) is 18.6 Å². The van der Waals surface area contributed by atoms with Gasteiger partial charge >= 0.3 is 0 Å². The Morgan fingerprint density at radius 2 is 2.60 bits per heavy atom. The van der Waals surface area contributed by atoms with E-state index in [-0.39, 0.29) is 0 Å². The molecule has 0 aromatic carbocycles. The van der Waals surface area contributed by atoms with E-state index in [1.54, 1.807) is 17.8 Å². The number of hydrogen-bond acceptors (Lipinski definition) is 3. The highest BCUT2D eigenvalue weighted by Crippen LogP contribution is 2.17. The molecule has 3 heteroatoms. The molecule has 0 fully saturated rings. The Hall–Kier alpha value is -0.570. The van der Waals surface area contributed by atoms with Crippen molar-refractivity contribution >= 4 is 23.1 Å². The van der Waals surface area contributed by atoms with E-state index >= 15 is 0 Å². The summed E-state index contributed by atoms with van der Waals surface area (Å²) in [5.41, 5.74) is 0.984. The van der Waals surface area contributed by atoms with Gasteiger partial charge in [-0.2, -0.15) is 0 Å². The first-order chi connectivity index (χ1) is 4.84. The normalized spacial score (nSPS) is 18.9. The van der Waals surface area contributed by atoms with E-state index in [2.05, 4.69) is 4.99 Å². The minimum absolute atomic E-state index is 0.802. The van der Waals surface area contributed by atoms with Crippen LogP contribution in [0.3, 0.4) is 0 Å². The Balaban J connectivity index is 2.63. The number of aldehydes is 1. The number of rotatable bonds is 2. The molecule has 1 rings (SSSR count). The van der Waals surface area contributed by atoms with Crippen LogP contribution < -0.4 is 0 Å². The molecular weight excluding hydrogens is 146 g/mol. The fourth-order valence-electron chi connectivity index (χ4n) is 0.747. The van der Waals surface area contributed by atoms with E-state index in [4.69, 9.17) is 0 Å². The fourth-order valence-corrected chi connectivity index (χ4v) is 1.60. The van der Waals surface area contributed by atoms with Gasteiger partial charge in [0, 0.05) is 12.3 Å². The highest BCUT2D eigenvalue weighted by Gasteiger charge is 2.07. The summed E-state index contributed by atoms with van der Waals surface area (Å²) in [4.78, 5) is 14.2. The number of thioether (sulfide) groups is 1. The Labute approximate surface area is 64.4 Å². The van der Waals surface area contributed by atoms with Gasteiger partial charge in [-0.15, -0.1) is 11.8 Å². The summed E-state index contributed by atoms with van der Waals surface area (Å²) < 4.78 is 0. The largest absolute Gasteiger partial charge is 0.299 e. The predicted molar refractivity (Wildman–Crippen MR) is 44.6 cm³/mol. The Morgan fingerprint density at radius 3 is 3.10 bits per heavy atom. The molecule has 0 aromatic heterocycles. The number of allylic oxidation sites excluding steroid dienone is 1. The van der Waals surface area contributed by atoms with Gasteiger partial charge in [-0.1, -0.05) is 0 Å². The van der Waals surface area contributed by atoms with Crippen molar-refractivity contribution in [2.24, 2.45) is 4.99 Å². The van der Waals surface area contributed by atoms with Crippen LogP contribution in [-0.2, 0) is 4.79 Å². The summed E-state index contributed by atoms with van der Waals surface area (Å²) in [5, 5.41) is 1.02. The van der Waals surface area contributed by atoms with Gasteiger partial charge in [0.2, 0.25) is 0 Å². The molecule has 0 bridgehead atoms. The number of carbonyl (C=O) groups excluding carboxylic acids is 1. The number of nitrogens with zero attached hydrogens (tertiary/aromatic N) is 1. The Kier molecular flexibility index (Phi) is 2.68. The second-order valence-electron chi connectivity index (χ2n) is 2.02. The van der Waals surface area contributed by atoms with Crippen LogP contribution in [0.15, 0.2) is 16.6 Å². The van der Waals surface area contributed by atoms with Crippen LogP contribution >= 0.6 is 11.8 Å². The zero-order valence-electron chi connectivity index (χ0n) is 5.83. The van der Waals surface area contributed by atoms with Gasteiger partial charge in [0.25, 0.3) is 0 Å². The number of aliphatic imine (C=N–C) groups is 1. The van der Waals surface area contributed by atoms with Crippen molar-refractivity contribution in [1.82, 2.24) is 0 Å². The minimum atomic E-state index is 0.802. The first-order valence-electron chi connectivity index (χ1n) is 3.14. The molecule has 1 heterocycles. The van der Waals surface area contributed by atoms with Gasteiger partial charge in [0.05, 0.1) is 5.04 Å². The Bertz CT molecular complexity index is 196. The molecule has 0 atom stereocenters. The average Bonchev–Trinajstić information content (AvgIpc) is 2.38. The van der Waals surface area contributed by atoms with E-state index in [9.17, 15) is 4.79 Å². The Morgan fingerprint density at radius 1 is 1.80 bits per heavy atom. The van der Waals surface area contributed by atoms with Crippen molar-refractivity contribution in [3.63, 3.8) is 0 Å². The zero-order chi connectivity index (χ0) is 7.40. The topological polar surface area (TPSA) is 29.4 Å². The minimum Gasteiger partial charge on any atom is -0.299 e.